The summed E-state index contributed by atoms with van der Waals surface area (Å²) in [7, 11) is 1.40. The second-order valence-corrected chi connectivity index (χ2v) is 6.88. The first-order chi connectivity index (χ1) is 15.7. The van der Waals surface area contributed by atoms with E-state index in [1.54, 1.807) is 6.07 Å². The van der Waals surface area contributed by atoms with Gasteiger partial charge in [-0.2, -0.15) is 0 Å². The average molecular weight is 465 g/mol. The van der Waals surface area contributed by atoms with E-state index >= 15 is 0 Å². The molecule has 3 aromatic rings. The molecule has 0 fully saturated rings. The van der Waals surface area contributed by atoms with Crippen molar-refractivity contribution in [3.8, 4) is 5.88 Å². The number of nitrogens with zero attached hydrogens (tertiary/aromatic N) is 2. The summed E-state index contributed by atoms with van der Waals surface area (Å²) >= 11 is 0. The van der Waals surface area contributed by atoms with Crippen molar-refractivity contribution in [2.45, 2.75) is 25.5 Å². The van der Waals surface area contributed by atoms with Gasteiger partial charge in [0.25, 0.3) is 5.91 Å². The maximum absolute atomic E-state index is 14.3. The van der Waals surface area contributed by atoms with Crippen molar-refractivity contribution in [1.82, 2.24) is 15.5 Å². The average Bonchev–Trinajstić information content (AvgIpc) is 3.29. The molecule has 0 saturated carbocycles. The molecule has 3 N–H and O–H groups in total. The lowest BCUT2D eigenvalue weighted by molar-refractivity contribution is 0.0685. The van der Waals surface area contributed by atoms with E-state index in [-0.39, 0.29) is 36.7 Å². The number of aromatic carboxylic acids is 1. The number of carboxylic acids is 1. The Balaban J connectivity index is 1.75. The number of hydrogen-bond donors (Lipinski definition) is 3. The van der Waals surface area contributed by atoms with Gasteiger partial charge in [-0.25, -0.2) is 22.9 Å². The highest BCUT2D eigenvalue weighted by Gasteiger charge is 2.26. The maximum atomic E-state index is 14.3. The van der Waals surface area contributed by atoms with Crippen molar-refractivity contribution in [2.75, 3.05) is 7.11 Å². The van der Waals surface area contributed by atoms with Crippen LogP contribution >= 0.6 is 0 Å². The lowest BCUT2D eigenvalue weighted by atomic mass is 9.99. The molecule has 2 aromatic heterocycles. The summed E-state index contributed by atoms with van der Waals surface area (Å²) in [6.07, 6.45) is -0.533. The topological polar surface area (TPSA) is 135 Å². The number of hydrogen-bond acceptors (Lipinski definition) is 7. The van der Waals surface area contributed by atoms with Gasteiger partial charge in [0.15, 0.2) is 23.1 Å². The van der Waals surface area contributed by atoms with Crippen LogP contribution in [0.3, 0.4) is 0 Å². The number of methoxy groups -OCH3 is 1. The van der Waals surface area contributed by atoms with Gasteiger partial charge in [0.05, 0.1) is 18.8 Å². The number of carbonyl (C=O) groups excluding carboxylic acids is 1. The molecule has 1 atom stereocenters. The molecular weight excluding hydrogens is 447 g/mol. The predicted octanol–water partition coefficient (Wildman–Crippen LogP) is 2.79. The van der Waals surface area contributed by atoms with Crippen molar-refractivity contribution in [2.24, 2.45) is 0 Å². The summed E-state index contributed by atoms with van der Waals surface area (Å²) in [4.78, 5) is 27.2. The number of ether oxygens (including phenoxy) is 1. The number of nitrogens with one attached hydrogen (secondary N) is 1. The molecule has 0 bridgehead atoms. The molecule has 0 saturated heterocycles. The lowest BCUT2D eigenvalue weighted by Gasteiger charge is -2.15. The van der Waals surface area contributed by atoms with Crippen LogP contribution in [0.2, 0.25) is 0 Å². The zero-order valence-electron chi connectivity index (χ0n) is 17.1. The summed E-state index contributed by atoms with van der Waals surface area (Å²) in [5.74, 6) is -7.23. The van der Waals surface area contributed by atoms with E-state index in [1.807, 2.05) is 0 Å². The van der Waals surface area contributed by atoms with E-state index < -0.39 is 46.6 Å². The zero-order valence-corrected chi connectivity index (χ0v) is 17.1. The molecule has 2 heterocycles. The Morgan fingerprint density at radius 2 is 1.94 bits per heavy atom. The Kier molecular flexibility index (Phi) is 7.28. The first-order valence-corrected chi connectivity index (χ1v) is 9.52. The Morgan fingerprint density at radius 1 is 1.18 bits per heavy atom. The third kappa shape index (κ3) is 5.47. The van der Waals surface area contributed by atoms with Gasteiger partial charge < -0.3 is 24.8 Å². The normalized spacial score (nSPS) is 11.8. The predicted molar refractivity (Wildman–Crippen MR) is 105 cm³/mol. The highest BCUT2D eigenvalue weighted by molar-refractivity contribution is 5.94. The molecule has 3 rings (SSSR count). The van der Waals surface area contributed by atoms with Gasteiger partial charge in [-0.05, 0) is 24.1 Å². The number of pyridine rings is 1. The van der Waals surface area contributed by atoms with Crippen molar-refractivity contribution in [1.29, 1.82) is 0 Å². The second kappa shape index (κ2) is 10.1. The fourth-order valence-corrected chi connectivity index (χ4v) is 2.95. The van der Waals surface area contributed by atoms with Crippen molar-refractivity contribution < 1.29 is 42.2 Å². The number of aliphatic hydroxyl groups excluding tert-OH is 1. The van der Waals surface area contributed by atoms with E-state index in [0.29, 0.717) is 5.56 Å². The quantitative estimate of drug-likeness (QED) is 0.411. The van der Waals surface area contributed by atoms with Crippen molar-refractivity contribution in [3.63, 3.8) is 0 Å². The number of aromatic nitrogens is 2. The molecule has 1 aromatic carbocycles. The number of amides is 1. The number of carbonyl (C=O) groups is 2. The zero-order chi connectivity index (χ0) is 24.1. The monoisotopic (exact) mass is 465 g/mol. The molecule has 0 aliphatic carbocycles. The third-order valence-electron chi connectivity index (χ3n) is 4.68. The minimum Gasteiger partial charge on any atom is -0.481 e. The second-order valence-electron chi connectivity index (χ2n) is 6.88. The van der Waals surface area contributed by atoms with Crippen LogP contribution in [0, 0.1) is 17.5 Å². The van der Waals surface area contributed by atoms with Crippen molar-refractivity contribution >= 4 is 11.9 Å². The Morgan fingerprint density at radius 3 is 2.61 bits per heavy atom. The van der Waals surface area contributed by atoms with Gasteiger partial charge in [0.2, 0.25) is 5.88 Å². The Bertz CT molecular complexity index is 1180. The van der Waals surface area contributed by atoms with E-state index in [4.69, 9.17) is 14.4 Å². The van der Waals surface area contributed by atoms with Crippen LogP contribution in [-0.2, 0) is 13.0 Å². The molecule has 1 amide bonds. The third-order valence-corrected chi connectivity index (χ3v) is 4.68. The van der Waals surface area contributed by atoms with Crippen LogP contribution in [0.15, 0.2) is 35.0 Å². The summed E-state index contributed by atoms with van der Waals surface area (Å²) in [6, 6.07) is 4.93. The Hall–Kier alpha value is -3.93. The largest absolute Gasteiger partial charge is 0.481 e. The SMILES string of the molecule is COc1cc(CNC(=O)c2cc(C(O)CCc3cc(C(=O)O)no3)c(F)c(F)c2F)ccn1. The molecular formula is C21H18F3N3O6. The van der Waals surface area contributed by atoms with Crippen LogP contribution in [0.1, 0.15) is 50.3 Å². The van der Waals surface area contributed by atoms with E-state index in [9.17, 15) is 27.9 Å². The fraction of sp³-hybridized carbons (Fsp3) is 0.238. The van der Waals surface area contributed by atoms with Gasteiger partial charge in [-0.15, -0.1) is 0 Å². The smallest absolute Gasteiger partial charge is 0.358 e. The number of aryl methyl sites for hydroxylation is 1. The fourth-order valence-electron chi connectivity index (χ4n) is 2.95. The number of carboxylic acid groups (broad SMARTS) is 1. The number of aliphatic hydroxyl groups is 1. The molecule has 0 aliphatic heterocycles. The van der Waals surface area contributed by atoms with Crippen LogP contribution in [0.25, 0.3) is 0 Å². The Labute approximate surface area is 184 Å². The highest BCUT2D eigenvalue weighted by Crippen LogP contribution is 2.27. The molecule has 12 heteroatoms. The molecule has 0 aliphatic rings. The van der Waals surface area contributed by atoms with Crippen LogP contribution in [-0.4, -0.2) is 39.3 Å². The van der Waals surface area contributed by atoms with Crippen LogP contribution < -0.4 is 10.1 Å². The van der Waals surface area contributed by atoms with Gasteiger partial charge in [0.1, 0.15) is 5.76 Å². The summed E-state index contributed by atoms with van der Waals surface area (Å²) < 4.78 is 52.4. The summed E-state index contributed by atoms with van der Waals surface area (Å²) in [6.45, 7) is -0.0779. The van der Waals surface area contributed by atoms with Crippen molar-refractivity contribution in [3.05, 3.63) is 76.1 Å². The van der Waals surface area contributed by atoms with Gasteiger partial charge in [-0.1, -0.05) is 5.16 Å². The van der Waals surface area contributed by atoms with E-state index in [1.165, 1.54) is 19.4 Å². The van der Waals surface area contributed by atoms with E-state index in [2.05, 4.69) is 15.5 Å². The van der Waals surface area contributed by atoms with Gasteiger partial charge >= 0.3 is 5.97 Å². The van der Waals surface area contributed by atoms with Gasteiger partial charge in [-0.3, -0.25) is 4.79 Å². The number of halogens is 3. The highest BCUT2D eigenvalue weighted by atomic mass is 19.2. The molecule has 0 radical (unpaired) electrons. The molecule has 1 unspecified atom stereocenters. The first kappa shape index (κ1) is 23.7. The molecule has 33 heavy (non-hydrogen) atoms. The number of rotatable bonds is 9. The maximum Gasteiger partial charge on any atom is 0.358 e. The molecule has 9 nitrogen and oxygen atoms in total. The van der Waals surface area contributed by atoms with Gasteiger partial charge in [0, 0.05) is 36.9 Å². The standard InChI is InChI=1S/C21H18F3N3O6/c1-32-16-6-10(4-5-25-16)9-26-20(29)13-8-12(17(22)19(24)18(13)23)15(28)3-2-11-7-14(21(30)31)27-33-11/h4-8,15,28H,2-3,9H2,1H3,(H,26,29)(H,30,31). The van der Waals surface area contributed by atoms with E-state index in [0.717, 1.165) is 12.1 Å². The summed E-state index contributed by atoms with van der Waals surface area (Å²) in [5, 5.41) is 24.8. The summed E-state index contributed by atoms with van der Waals surface area (Å²) in [5.41, 5.74) is -1.23. The molecule has 174 valence electrons. The molecule has 0 spiro atoms. The first-order valence-electron chi connectivity index (χ1n) is 9.52. The lowest BCUT2D eigenvalue weighted by Crippen LogP contribution is -2.25. The minimum atomic E-state index is -1.91. The number of benzene rings is 1. The van der Waals surface area contributed by atoms with Crippen LogP contribution in [0.5, 0.6) is 5.88 Å². The van der Waals surface area contributed by atoms with Crippen LogP contribution in [0.4, 0.5) is 13.2 Å². The minimum absolute atomic E-state index is 0.0779.